The quantitative estimate of drug-likeness (QED) is 0.859. The van der Waals surface area contributed by atoms with E-state index in [4.69, 9.17) is 5.73 Å². The molecular weight excluding hydrogens is 274 g/mol. The summed E-state index contributed by atoms with van der Waals surface area (Å²) in [4.78, 5) is 0. The molecular formula is C17H27N5. The van der Waals surface area contributed by atoms with Crippen molar-refractivity contribution in [1.29, 1.82) is 0 Å². The zero-order valence-electron chi connectivity index (χ0n) is 13.7. The number of hydrogen-bond acceptors (Lipinski definition) is 3. The van der Waals surface area contributed by atoms with Gasteiger partial charge in [-0.25, -0.2) is 4.68 Å². The lowest BCUT2D eigenvalue weighted by Gasteiger charge is -2.14. The van der Waals surface area contributed by atoms with Crippen molar-refractivity contribution >= 4 is 16.9 Å². The number of rotatable bonds is 6. The van der Waals surface area contributed by atoms with Gasteiger partial charge in [0.2, 0.25) is 0 Å². The molecule has 5 nitrogen and oxygen atoms in total. The third-order valence-electron chi connectivity index (χ3n) is 4.79. The number of aromatic nitrogens is 3. The molecule has 3 rings (SSSR count). The van der Waals surface area contributed by atoms with E-state index in [1.165, 1.54) is 30.3 Å². The van der Waals surface area contributed by atoms with E-state index >= 15 is 0 Å². The lowest BCUT2D eigenvalue weighted by atomic mass is 10.1. The number of nitrogens with one attached hydrogen (secondary N) is 1. The molecule has 0 saturated heterocycles. The second kappa shape index (κ2) is 6.16. The van der Waals surface area contributed by atoms with Crippen LogP contribution in [0.3, 0.4) is 0 Å². The Morgan fingerprint density at radius 1 is 1.50 bits per heavy atom. The summed E-state index contributed by atoms with van der Waals surface area (Å²) in [5, 5.41) is 9.19. The Bertz CT molecular complexity index is 666. The highest BCUT2D eigenvalue weighted by atomic mass is 15.3. The molecule has 0 bridgehead atoms. The molecule has 1 aliphatic carbocycles. The summed E-state index contributed by atoms with van der Waals surface area (Å²) in [7, 11) is 2.02. The minimum absolute atomic E-state index is 0.549. The van der Waals surface area contributed by atoms with Gasteiger partial charge in [-0.15, -0.1) is 0 Å². The third kappa shape index (κ3) is 2.65. The predicted octanol–water partition coefficient (Wildman–Crippen LogP) is 3.40. The van der Waals surface area contributed by atoms with E-state index in [1.807, 2.05) is 11.7 Å². The smallest absolute Gasteiger partial charge is 0.161 e. The van der Waals surface area contributed by atoms with Crippen LogP contribution in [0.15, 0.2) is 24.5 Å². The van der Waals surface area contributed by atoms with E-state index in [2.05, 4.69) is 40.7 Å². The summed E-state index contributed by atoms with van der Waals surface area (Å²) in [6.07, 6.45) is 7.88. The fraction of sp³-hybridized carbons (Fsp3) is 0.588. The minimum atomic E-state index is 0.549. The molecule has 2 atom stereocenters. The summed E-state index contributed by atoms with van der Waals surface area (Å²) in [5.74, 6) is 1.58. The van der Waals surface area contributed by atoms with Crippen molar-refractivity contribution in [3.63, 3.8) is 0 Å². The Morgan fingerprint density at radius 3 is 3.00 bits per heavy atom. The van der Waals surface area contributed by atoms with E-state index in [0.29, 0.717) is 12.0 Å². The van der Waals surface area contributed by atoms with E-state index in [9.17, 15) is 0 Å². The number of allylic oxidation sites excluding steroid dienone is 1. The first-order valence-corrected chi connectivity index (χ1v) is 8.32. The van der Waals surface area contributed by atoms with Gasteiger partial charge in [0, 0.05) is 25.0 Å². The average Bonchev–Trinajstić information content (AvgIpc) is 3.17. The van der Waals surface area contributed by atoms with E-state index < -0.39 is 0 Å². The lowest BCUT2D eigenvalue weighted by molar-refractivity contribution is 0.485. The van der Waals surface area contributed by atoms with Gasteiger partial charge < -0.3 is 15.6 Å². The van der Waals surface area contributed by atoms with Crippen molar-refractivity contribution in [2.75, 3.05) is 11.9 Å². The molecule has 120 valence electrons. The van der Waals surface area contributed by atoms with Crippen molar-refractivity contribution in [2.45, 2.75) is 45.1 Å². The van der Waals surface area contributed by atoms with Gasteiger partial charge in [-0.1, -0.05) is 19.9 Å². The molecule has 0 aliphatic heterocycles. The maximum atomic E-state index is 5.83. The van der Waals surface area contributed by atoms with E-state index in [1.54, 1.807) is 0 Å². The van der Waals surface area contributed by atoms with Crippen molar-refractivity contribution in [2.24, 2.45) is 18.7 Å². The first-order chi connectivity index (χ1) is 10.6. The van der Waals surface area contributed by atoms with E-state index in [0.717, 1.165) is 30.9 Å². The molecule has 3 N–H and O–H groups in total. The monoisotopic (exact) mass is 301 g/mol. The zero-order chi connectivity index (χ0) is 15.7. The fourth-order valence-electron chi connectivity index (χ4n) is 3.65. The molecule has 2 aromatic heterocycles. The first kappa shape index (κ1) is 15.2. The number of anilines is 1. The minimum Gasteiger partial charge on any atom is -0.342 e. The van der Waals surface area contributed by atoms with Crippen LogP contribution in [0.5, 0.6) is 0 Å². The van der Waals surface area contributed by atoms with Gasteiger partial charge in [0.05, 0.1) is 5.39 Å². The van der Waals surface area contributed by atoms with Gasteiger partial charge >= 0.3 is 0 Å². The highest BCUT2D eigenvalue weighted by Crippen LogP contribution is 2.37. The Hall–Kier alpha value is -1.75. The number of aryl methyl sites for hydroxylation is 1. The highest BCUT2D eigenvalue weighted by Gasteiger charge is 2.27. The van der Waals surface area contributed by atoms with Crippen LogP contribution in [0.2, 0.25) is 0 Å². The van der Waals surface area contributed by atoms with Gasteiger partial charge in [-0.3, -0.25) is 0 Å². The molecule has 2 unspecified atom stereocenters. The van der Waals surface area contributed by atoms with Crippen LogP contribution < -0.4 is 11.1 Å². The maximum absolute atomic E-state index is 5.83. The number of fused-ring (bicyclic) bond motifs is 1. The lowest BCUT2D eigenvalue weighted by Crippen LogP contribution is -2.12. The zero-order valence-corrected chi connectivity index (χ0v) is 13.7. The van der Waals surface area contributed by atoms with Gasteiger partial charge in [0.1, 0.15) is 5.65 Å². The molecule has 5 heteroatoms. The Kier molecular flexibility index (Phi) is 4.25. The SMILES string of the molecule is C=C(CCC)Nc1nn(C)c2c1ccn2C1CCC(CN)C1. The molecule has 2 aromatic rings. The predicted molar refractivity (Wildman–Crippen MR) is 91.8 cm³/mol. The number of hydrogen-bond donors (Lipinski definition) is 2. The molecule has 0 aromatic carbocycles. The van der Waals surface area contributed by atoms with Gasteiger partial charge in [-0.2, -0.15) is 5.10 Å². The maximum Gasteiger partial charge on any atom is 0.161 e. The number of nitrogens with zero attached hydrogens (tertiary/aromatic N) is 3. The van der Waals surface area contributed by atoms with E-state index in [-0.39, 0.29) is 0 Å². The van der Waals surface area contributed by atoms with Crippen molar-refractivity contribution < 1.29 is 0 Å². The van der Waals surface area contributed by atoms with Crippen LogP contribution in [0.4, 0.5) is 5.82 Å². The highest BCUT2D eigenvalue weighted by molar-refractivity contribution is 5.89. The fourth-order valence-corrected chi connectivity index (χ4v) is 3.65. The van der Waals surface area contributed by atoms with Crippen LogP contribution in [0, 0.1) is 5.92 Å². The number of nitrogens with two attached hydrogens (primary N) is 1. The van der Waals surface area contributed by atoms with Gasteiger partial charge in [0.15, 0.2) is 5.82 Å². The second-order valence-corrected chi connectivity index (χ2v) is 6.48. The summed E-state index contributed by atoms with van der Waals surface area (Å²) >= 11 is 0. The Balaban J connectivity index is 1.88. The van der Waals surface area contributed by atoms with Crippen molar-refractivity contribution in [1.82, 2.24) is 14.3 Å². The normalized spacial score (nSPS) is 21.6. The molecule has 0 amide bonds. The molecule has 1 aliphatic rings. The van der Waals surface area contributed by atoms with Gasteiger partial charge in [-0.05, 0) is 44.2 Å². The Labute approximate surface area is 132 Å². The molecule has 1 saturated carbocycles. The molecule has 2 heterocycles. The second-order valence-electron chi connectivity index (χ2n) is 6.48. The molecule has 0 spiro atoms. The standard InChI is InChI=1S/C17H27N5/c1-4-5-12(2)19-16-15-8-9-22(17(15)21(3)20-16)14-7-6-13(10-14)11-18/h8-9,13-14H,2,4-7,10-11,18H2,1,3H3,(H,19,20). The van der Waals surface area contributed by atoms with Crippen LogP contribution in [0.25, 0.3) is 11.0 Å². The van der Waals surface area contributed by atoms with Crippen LogP contribution in [0.1, 0.15) is 45.1 Å². The van der Waals surface area contributed by atoms with Crippen molar-refractivity contribution in [3.05, 3.63) is 24.5 Å². The molecule has 0 radical (unpaired) electrons. The summed E-state index contributed by atoms with van der Waals surface area (Å²) in [6, 6.07) is 2.72. The van der Waals surface area contributed by atoms with Crippen LogP contribution in [-0.2, 0) is 7.05 Å². The van der Waals surface area contributed by atoms with Gasteiger partial charge in [0.25, 0.3) is 0 Å². The largest absolute Gasteiger partial charge is 0.342 e. The van der Waals surface area contributed by atoms with Crippen LogP contribution >= 0.6 is 0 Å². The topological polar surface area (TPSA) is 60.8 Å². The first-order valence-electron chi connectivity index (χ1n) is 8.32. The summed E-state index contributed by atoms with van der Waals surface area (Å²) in [5.41, 5.74) is 8.05. The summed E-state index contributed by atoms with van der Waals surface area (Å²) < 4.78 is 4.36. The summed E-state index contributed by atoms with van der Waals surface area (Å²) in [6.45, 7) is 7.04. The molecule has 1 fully saturated rings. The third-order valence-corrected chi connectivity index (χ3v) is 4.79. The van der Waals surface area contributed by atoms with Crippen molar-refractivity contribution in [3.8, 4) is 0 Å². The Morgan fingerprint density at radius 2 is 2.32 bits per heavy atom. The molecule has 22 heavy (non-hydrogen) atoms. The average molecular weight is 301 g/mol. The van der Waals surface area contributed by atoms with Crippen LogP contribution in [-0.4, -0.2) is 20.9 Å².